The number of fused-ring (bicyclic) bond motifs is 3. The van der Waals surface area contributed by atoms with E-state index in [-0.39, 0.29) is 34.8 Å². The number of nitrogens with zero attached hydrogens (tertiary/aromatic N) is 5. The van der Waals surface area contributed by atoms with Crippen molar-refractivity contribution in [2.45, 2.75) is 25.6 Å². The van der Waals surface area contributed by atoms with Crippen molar-refractivity contribution in [2.75, 3.05) is 6.61 Å². The maximum atomic E-state index is 14.3. The van der Waals surface area contributed by atoms with Gasteiger partial charge in [0.2, 0.25) is 19.9 Å². The fourth-order valence-electron chi connectivity index (χ4n) is 4.14. The summed E-state index contributed by atoms with van der Waals surface area (Å²) in [5.41, 5.74) is -4.20. The molecule has 14 heteroatoms. The molecule has 3 aromatic heterocycles. The summed E-state index contributed by atoms with van der Waals surface area (Å²) in [6, 6.07) is 10.7. The lowest BCUT2D eigenvalue weighted by Gasteiger charge is -2.20. The molecule has 0 radical (unpaired) electrons. The monoisotopic (exact) mass is 530 g/mol. The molecular weight excluding hydrogens is 512 g/mol. The SMILES string of the molecule is CCOC(O)(P=O)c1nnc2c(=O)[nH]c3cc(C(F)(F)F)c(-n4cc(C)nc4-c4ccccc4)cc3n12. The van der Waals surface area contributed by atoms with Gasteiger partial charge in [-0.3, -0.25) is 18.3 Å². The minimum atomic E-state index is -4.81. The summed E-state index contributed by atoms with van der Waals surface area (Å²) >= 11 is 0. The van der Waals surface area contributed by atoms with E-state index < -0.39 is 37.1 Å². The predicted octanol–water partition coefficient (Wildman–Crippen LogP) is 4.18. The summed E-state index contributed by atoms with van der Waals surface area (Å²) in [7, 11) is -0.912. The van der Waals surface area contributed by atoms with Crippen molar-refractivity contribution in [1.29, 1.82) is 0 Å². The maximum absolute atomic E-state index is 14.3. The Bertz CT molecular complexity index is 1710. The number of H-pyrrole nitrogens is 1. The maximum Gasteiger partial charge on any atom is 0.418 e. The number of imidazole rings is 1. The molecule has 0 spiro atoms. The highest BCUT2D eigenvalue weighted by atomic mass is 31.1. The Morgan fingerprint density at radius 2 is 1.89 bits per heavy atom. The molecule has 2 N–H and O–H groups in total. The molecule has 0 aliphatic heterocycles. The van der Waals surface area contributed by atoms with Gasteiger partial charge in [-0.1, -0.05) is 30.3 Å². The standard InChI is InChI=1S/C23H18F3N6O4P/c1-3-36-23(34,37-35)21-30-29-19-20(33)28-15-9-14(22(24,25)26)16(10-17(15)32(19)21)31-11-12(2)27-18(31)13-7-5-4-6-8-13/h4-11,34H,3H2,1-2H3,(H,28,33). The Hall–Kier alpha value is -3.93. The molecule has 0 saturated heterocycles. The van der Waals surface area contributed by atoms with Crippen LogP contribution in [0.5, 0.6) is 0 Å². The summed E-state index contributed by atoms with van der Waals surface area (Å²) in [6.45, 7) is 3.10. The Morgan fingerprint density at radius 3 is 2.54 bits per heavy atom. The number of hydrogen-bond donors (Lipinski definition) is 2. The van der Waals surface area contributed by atoms with Crippen LogP contribution in [0.4, 0.5) is 13.2 Å². The van der Waals surface area contributed by atoms with Crippen LogP contribution >= 0.6 is 8.46 Å². The molecular formula is C23H18F3N6O4P. The normalized spacial score (nSPS) is 14.0. The Morgan fingerprint density at radius 1 is 1.16 bits per heavy atom. The molecule has 5 aromatic rings. The number of aromatic nitrogens is 6. The summed E-state index contributed by atoms with van der Waals surface area (Å²) in [5.74, 6) is -0.176. The second kappa shape index (κ2) is 8.87. The number of hydrogen-bond acceptors (Lipinski definition) is 7. The van der Waals surface area contributed by atoms with Crippen LogP contribution in [0.25, 0.3) is 33.8 Å². The van der Waals surface area contributed by atoms with Gasteiger partial charge in [0.1, 0.15) is 5.82 Å². The van der Waals surface area contributed by atoms with E-state index >= 15 is 0 Å². The molecule has 5 rings (SSSR count). The van der Waals surface area contributed by atoms with E-state index in [1.54, 1.807) is 37.3 Å². The number of rotatable bonds is 6. The van der Waals surface area contributed by atoms with Gasteiger partial charge in [0.15, 0.2) is 0 Å². The zero-order valence-electron chi connectivity index (χ0n) is 19.3. The number of aryl methyl sites for hydroxylation is 1. The van der Waals surface area contributed by atoms with Crippen molar-refractivity contribution in [1.82, 2.24) is 29.1 Å². The lowest BCUT2D eigenvalue weighted by atomic mass is 10.1. The van der Waals surface area contributed by atoms with Crippen LogP contribution in [0.2, 0.25) is 0 Å². The van der Waals surface area contributed by atoms with Gasteiger partial charge >= 0.3 is 11.7 Å². The summed E-state index contributed by atoms with van der Waals surface area (Å²) in [5, 5.41) is 18.3. The van der Waals surface area contributed by atoms with Gasteiger partial charge in [-0.15, -0.1) is 10.2 Å². The zero-order valence-corrected chi connectivity index (χ0v) is 20.2. The van der Waals surface area contributed by atoms with Gasteiger partial charge in [0.25, 0.3) is 5.56 Å². The van der Waals surface area contributed by atoms with Gasteiger partial charge in [-0.2, -0.15) is 13.2 Å². The van der Waals surface area contributed by atoms with Crippen molar-refractivity contribution in [3.8, 4) is 17.1 Å². The lowest BCUT2D eigenvalue weighted by molar-refractivity contribution is -0.143. The summed E-state index contributed by atoms with van der Waals surface area (Å²) < 4.78 is 62.3. The van der Waals surface area contributed by atoms with Crippen molar-refractivity contribution >= 4 is 25.1 Å². The van der Waals surface area contributed by atoms with Crippen molar-refractivity contribution in [3.05, 3.63) is 76.1 Å². The number of nitrogens with one attached hydrogen (secondary N) is 1. The van der Waals surface area contributed by atoms with Gasteiger partial charge < -0.3 is 14.8 Å². The highest BCUT2D eigenvalue weighted by molar-refractivity contribution is 7.24. The van der Waals surface area contributed by atoms with E-state index in [1.165, 1.54) is 23.8 Å². The minimum absolute atomic E-state index is 0.00439. The Balaban J connectivity index is 1.91. The van der Waals surface area contributed by atoms with E-state index in [0.717, 1.165) is 10.5 Å². The molecule has 0 fully saturated rings. The number of benzene rings is 2. The third-order valence-electron chi connectivity index (χ3n) is 5.65. The van der Waals surface area contributed by atoms with Crippen LogP contribution in [0.15, 0.2) is 53.5 Å². The van der Waals surface area contributed by atoms with E-state index in [2.05, 4.69) is 20.2 Å². The molecule has 1 unspecified atom stereocenters. The highest BCUT2D eigenvalue weighted by Crippen LogP contribution is 2.39. The zero-order chi connectivity index (χ0) is 26.5. The number of aliphatic hydroxyl groups is 1. The first-order valence-electron chi connectivity index (χ1n) is 10.9. The second-order valence-corrected chi connectivity index (χ2v) is 8.88. The van der Waals surface area contributed by atoms with Gasteiger partial charge in [0, 0.05) is 18.4 Å². The Kier molecular flexibility index (Phi) is 5.94. The lowest BCUT2D eigenvalue weighted by Crippen LogP contribution is -2.26. The topological polar surface area (TPSA) is 127 Å². The molecule has 0 aliphatic rings. The molecule has 10 nitrogen and oxygen atoms in total. The molecule has 0 bridgehead atoms. The number of aromatic amines is 1. The molecule has 37 heavy (non-hydrogen) atoms. The van der Waals surface area contributed by atoms with Crippen LogP contribution in [-0.2, 0) is 21.0 Å². The number of alkyl halides is 3. The molecule has 0 aliphatic carbocycles. The molecule has 190 valence electrons. The van der Waals surface area contributed by atoms with Gasteiger partial charge in [-0.25, -0.2) is 4.98 Å². The van der Waals surface area contributed by atoms with Crippen molar-refractivity contribution in [3.63, 3.8) is 0 Å². The summed E-state index contributed by atoms with van der Waals surface area (Å²) in [4.78, 5) is 19.5. The average Bonchev–Trinajstić information content (AvgIpc) is 3.49. The van der Waals surface area contributed by atoms with Crippen LogP contribution < -0.4 is 5.56 Å². The van der Waals surface area contributed by atoms with Crippen LogP contribution in [0.3, 0.4) is 0 Å². The number of halogens is 3. The highest BCUT2D eigenvalue weighted by Gasteiger charge is 2.39. The third-order valence-corrected chi connectivity index (χ3v) is 6.23. The predicted molar refractivity (Wildman–Crippen MR) is 127 cm³/mol. The van der Waals surface area contributed by atoms with Crippen LogP contribution in [0, 0.1) is 6.92 Å². The van der Waals surface area contributed by atoms with Crippen LogP contribution in [0.1, 0.15) is 24.0 Å². The number of ether oxygens (including phenoxy) is 1. The minimum Gasteiger partial charge on any atom is -0.350 e. The van der Waals surface area contributed by atoms with E-state index in [4.69, 9.17) is 4.74 Å². The first-order valence-corrected chi connectivity index (χ1v) is 11.7. The molecule has 0 saturated carbocycles. The van der Waals surface area contributed by atoms with E-state index in [9.17, 15) is 27.6 Å². The third kappa shape index (κ3) is 4.10. The van der Waals surface area contributed by atoms with Gasteiger partial charge in [0.05, 0.1) is 28.0 Å². The van der Waals surface area contributed by atoms with Crippen molar-refractivity contribution in [2.24, 2.45) is 0 Å². The molecule has 0 amide bonds. The largest absolute Gasteiger partial charge is 0.418 e. The second-order valence-electron chi connectivity index (χ2n) is 8.10. The smallest absolute Gasteiger partial charge is 0.350 e. The van der Waals surface area contributed by atoms with E-state index in [1.807, 2.05) is 0 Å². The quantitative estimate of drug-likeness (QED) is 0.249. The molecule has 1 atom stereocenters. The fourth-order valence-corrected chi connectivity index (χ4v) is 4.55. The van der Waals surface area contributed by atoms with Crippen LogP contribution in [-0.4, -0.2) is 40.8 Å². The molecule has 3 heterocycles. The van der Waals surface area contributed by atoms with Crippen molar-refractivity contribution < 1.29 is 27.6 Å². The average molecular weight is 530 g/mol. The Labute approximate surface area is 207 Å². The molecule has 2 aromatic carbocycles. The van der Waals surface area contributed by atoms with E-state index in [0.29, 0.717) is 11.3 Å². The fraction of sp³-hybridized carbons (Fsp3) is 0.217. The van der Waals surface area contributed by atoms with Gasteiger partial charge in [-0.05, 0) is 26.0 Å². The summed E-state index contributed by atoms with van der Waals surface area (Å²) in [6.07, 6.45) is -3.35. The first-order chi connectivity index (χ1) is 17.6. The first kappa shape index (κ1) is 24.8.